The van der Waals surface area contributed by atoms with Crippen molar-refractivity contribution in [1.82, 2.24) is 5.16 Å². The van der Waals surface area contributed by atoms with Gasteiger partial charge in [0, 0.05) is 0 Å². The number of halogens is 1. The quantitative estimate of drug-likeness (QED) is 0.662. The molecule has 114 valence electrons. The van der Waals surface area contributed by atoms with Crippen molar-refractivity contribution in [3.8, 4) is 5.75 Å². The lowest BCUT2D eigenvalue weighted by atomic mass is 10.1. The fourth-order valence-electron chi connectivity index (χ4n) is 2.13. The summed E-state index contributed by atoms with van der Waals surface area (Å²) in [6.45, 7) is 4.13. The number of hydrogen-bond acceptors (Lipinski definition) is 5. The van der Waals surface area contributed by atoms with E-state index in [1.807, 2.05) is 24.3 Å². The fourth-order valence-corrected chi connectivity index (χ4v) is 3.21. The molecule has 3 rings (SSSR count). The van der Waals surface area contributed by atoms with Gasteiger partial charge in [-0.2, -0.15) is 0 Å². The Bertz CT molecular complexity index is 832. The number of nitrogens with one attached hydrogen (secondary N) is 1. The number of methoxy groups -OCH3 is 1. The van der Waals surface area contributed by atoms with E-state index < -0.39 is 0 Å². The van der Waals surface area contributed by atoms with Crippen LogP contribution < -0.4 is 9.46 Å². The summed E-state index contributed by atoms with van der Waals surface area (Å²) in [5.74, 6) is 1.42. The van der Waals surface area contributed by atoms with E-state index in [-0.39, 0.29) is 0 Å². The number of aromatic nitrogens is 1. The third-order valence-electron chi connectivity index (χ3n) is 3.49. The molecule has 1 N–H and O–H groups in total. The molecular formula is C16H15ClN2O2S. The maximum atomic E-state index is 6.22. The molecule has 0 saturated heterocycles. The molecule has 0 spiro atoms. The lowest BCUT2D eigenvalue weighted by Gasteiger charge is -2.11. The van der Waals surface area contributed by atoms with Crippen LogP contribution in [0, 0.1) is 13.8 Å². The summed E-state index contributed by atoms with van der Waals surface area (Å²) in [5.41, 5.74) is 3.05. The van der Waals surface area contributed by atoms with Crippen LogP contribution in [0.25, 0.3) is 11.0 Å². The predicted molar refractivity (Wildman–Crippen MR) is 91.0 cm³/mol. The summed E-state index contributed by atoms with van der Waals surface area (Å²) in [5, 5.41) is 5.42. The van der Waals surface area contributed by atoms with Gasteiger partial charge in [0.05, 0.1) is 22.4 Å². The Kier molecular flexibility index (Phi) is 4.18. The van der Waals surface area contributed by atoms with Gasteiger partial charge in [-0.1, -0.05) is 22.8 Å². The van der Waals surface area contributed by atoms with Gasteiger partial charge in [0.15, 0.2) is 11.4 Å². The highest BCUT2D eigenvalue weighted by Gasteiger charge is 2.13. The molecule has 0 unspecified atom stereocenters. The first-order valence-electron chi connectivity index (χ1n) is 6.72. The molecule has 4 nitrogen and oxygen atoms in total. The van der Waals surface area contributed by atoms with Crippen molar-refractivity contribution in [3.63, 3.8) is 0 Å². The van der Waals surface area contributed by atoms with Gasteiger partial charge in [-0.3, -0.25) is 0 Å². The zero-order chi connectivity index (χ0) is 15.7. The Hall–Kier alpha value is -1.85. The molecule has 0 aliphatic carbocycles. The second-order valence-electron chi connectivity index (χ2n) is 4.94. The van der Waals surface area contributed by atoms with Gasteiger partial charge in [-0.05, 0) is 61.2 Å². The molecule has 0 saturated carbocycles. The van der Waals surface area contributed by atoms with E-state index >= 15 is 0 Å². The van der Waals surface area contributed by atoms with Gasteiger partial charge >= 0.3 is 0 Å². The van der Waals surface area contributed by atoms with Crippen molar-refractivity contribution in [2.24, 2.45) is 0 Å². The minimum Gasteiger partial charge on any atom is -0.496 e. The van der Waals surface area contributed by atoms with Gasteiger partial charge in [-0.25, -0.2) is 0 Å². The van der Waals surface area contributed by atoms with Crippen LogP contribution in [0.4, 0.5) is 5.82 Å². The monoisotopic (exact) mass is 334 g/mol. The molecule has 22 heavy (non-hydrogen) atoms. The normalized spacial score (nSPS) is 10.9. The van der Waals surface area contributed by atoms with Crippen LogP contribution in [0.5, 0.6) is 5.75 Å². The number of fused-ring (bicyclic) bond motifs is 1. The molecule has 3 aromatic rings. The van der Waals surface area contributed by atoms with Gasteiger partial charge in [0.25, 0.3) is 0 Å². The fraction of sp³-hybridized carbons (Fsp3) is 0.188. The van der Waals surface area contributed by atoms with E-state index in [0.717, 1.165) is 16.0 Å². The summed E-state index contributed by atoms with van der Waals surface area (Å²) in [4.78, 5) is 0.980. The van der Waals surface area contributed by atoms with Crippen molar-refractivity contribution in [1.29, 1.82) is 0 Å². The van der Waals surface area contributed by atoms with Crippen LogP contribution in [0.2, 0.25) is 5.02 Å². The number of benzene rings is 2. The van der Waals surface area contributed by atoms with E-state index in [4.69, 9.17) is 20.9 Å². The number of ether oxygens (including phenoxy) is 1. The predicted octanol–water partition coefficient (Wildman–Crippen LogP) is 5.23. The third kappa shape index (κ3) is 2.74. The summed E-state index contributed by atoms with van der Waals surface area (Å²) in [7, 11) is 1.66. The molecule has 2 aromatic carbocycles. The SMILES string of the molecule is COc1cc(C)c(C)cc1SNc1noc2cccc(Cl)c12. The largest absolute Gasteiger partial charge is 0.496 e. The Morgan fingerprint density at radius 2 is 2.00 bits per heavy atom. The van der Waals surface area contributed by atoms with E-state index in [1.165, 1.54) is 23.1 Å². The smallest absolute Gasteiger partial charge is 0.189 e. The number of rotatable bonds is 4. The van der Waals surface area contributed by atoms with Gasteiger partial charge in [0.2, 0.25) is 0 Å². The second-order valence-corrected chi connectivity index (χ2v) is 6.19. The molecule has 0 aliphatic rings. The average molecular weight is 335 g/mol. The summed E-state index contributed by atoms with van der Waals surface area (Å²) in [6, 6.07) is 9.58. The maximum Gasteiger partial charge on any atom is 0.189 e. The molecule has 1 aromatic heterocycles. The molecule has 1 heterocycles. The minimum atomic E-state index is 0.603. The first kappa shape index (κ1) is 15.1. The van der Waals surface area contributed by atoms with E-state index in [0.29, 0.717) is 16.4 Å². The number of nitrogens with zero attached hydrogens (tertiary/aromatic N) is 1. The lowest BCUT2D eigenvalue weighted by molar-refractivity contribution is 0.404. The second kappa shape index (κ2) is 6.10. The highest BCUT2D eigenvalue weighted by atomic mass is 35.5. The zero-order valence-corrected chi connectivity index (χ0v) is 14.0. The van der Waals surface area contributed by atoms with Crippen molar-refractivity contribution < 1.29 is 9.26 Å². The molecule has 0 atom stereocenters. The Morgan fingerprint density at radius 1 is 1.23 bits per heavy atom. The average Bonchev–Trinajstić information content (AvgIpc) is 2.92. The van der Waals surface area contributed by atoms with Crippen molar-refractivity contribution in [2.75, 3.05) is 11.8 Å². The molecule has 6 heteroatoms. The van der Waals surface area contributed by atoms with Crippen LogP contribution >= 0.6 is 23.5 Å². The van der Waals surface area contributed by atoms with Gasteiger partial charge in [-0.15, -0.1) is 0 Å². The Labute approximate surface area is 137 Å². The van der Waals surface area contributed by atoms with Crippen LogP contribution in [-0.2, 0) is 0 Å². The molecule has 0 bridgehead atoms. The molecule has 0 amide bonds. The summed E-state index contributed by atoms with van der Waals surface area (Å²) in [6.07, 6.45) is 0. The minimum absolute atomic E-state index is 0.603. The summed E-state index contributed by atoms with van der Waals surface area (Å²) < 4.78 is 13.9. The van der Waals surface area contributed by atoms with E-state index in [1.54, 1.807) is 7.11 Å². The van der Waals surface area contributed by atoms with Crippen LogP contribution in [0.15, 0.2) is 39.8 Å². The Balaban J connectivity index is 1.90. The van der Waals surface area contributed by atoms with Crippen molar-refractivity contribution >= 4 is 40.3 Å². The maximum absolute atomic E-state index is 6.22. The van der Waals surface area contributed by atoms with E-state index in [2.05, 4.69) is 29.8 Å². The van der Waals surface area contributed by atoms with Crippen LogP contribution in [-0.4, -0.2) is 12.3 Å². The molecule has 0 fully saturated rings. The van der Waals surface area contributed by atoms with E-state index in [9.17, 15) is 0 Å². The lowest BCUT2D eigenvalue weighted by Crippen LogP contribution is -1.94. The topological polar surface area (TPSA) is 47.3 Å². The number of anilines is 1. The summed E-state index contributed by atoms with van der Waals surface area (Å²) >= 11 is 7.64. The Morgan fingerprint density at radius 3 is 2.77 bits per heavy atom. The van der Waals surface area contributed by atoms with Crippen molar-refractivity contribution in [3.05, 3.63) is 46.5 Å². The zero-order valence-electron chi connectivity index (χ0n) is 12.4. The van der Waals surface area contributed by atoms with Gasteiger partial charge in [0.1, 0.15) is 5.75 Å². The first-order valence-corrected chi connectivity index (χ1v) is 7.91. The van der Waals surface area contributed by atoms with Crippen LogP contribution in [0.1, 0.15) is 11.1 Å². The van der Waals surface area contributed by atoms with Crippen LogP contribution in [0.3, 0.4) is 0 Å². The van der Waals surface area contributed by atoms with Gasteiger partial charge < -0.3 is 14.0 Å². The molecular weight excluding hydrogens is 320 g/mol. The first-order chi connectivity index (χ1) is 10.6. The number of aryl methyl sites for hydroxylation is 2. The third-order valence-corrected chi connectivity index (χ3v) is 4.63. The van der Waals surface area contributed by atoms with Crippen molar-refractivity contribution in [2.45, 2.75) is 18.7 Å². The number of hydrogen-bond donors (Lipinski definition) is 1. The molecule has 0 aliphatic heterocycles. The highest BCUT2D eigenvalue weighted by Crippen LogP contribution is 2.36. The standard InChI is InChI=1S/C16H15ClN2O2S/c1-9-7-13(20-3)14(8-10(9)2)22-19-16-15-11(17)5-4-6-12(15)21-18-16/h4-8H,1-3H3,(H,18,19). The molecule has 0 radical (unpaired) electrons. The highest BCUT2D eigenvalue weighted by molar-refractivity contribution is 8.00.